The molecular formula is C20H24N4O5S. The van der Waals surface area contributed by atoms with Crippen molar-refractivity contribution in [1.82, 2.24) is 14.9 Å². The SMILES string of the molecule is C[C@@](C(N)=O)(c1cscn1)N(OC(=O)N1CCOCC1)C(=O)CCc1ccccc1. The lowest BCUT2D eigenvalue weighted by atomic mass is 9.96. The summed E-state index contributed by atoms with van der Waals surface area (Å²) in [5, 5.41) is 2.38. The number of benzene rings is 1. The molecule has 1 aliphatic rings. The second-order valence-corrected chi connectivity index (χ2v) is 7.66. The molecular weight excluding hydrogens is 408 g/mol. The van der Waals surface area contributed by atoms with Gasteiger partial charge in [-0.2, -0.15) is 0 Å². The molecule has 30 heavy (non-hydrogen) atoms. The van der Waals surface area contributed by atoms with Gasteiger partial charge in [0.05, 0.1) is 24.4 Å². The van der Waals surface area contributed by atoms with Crippen LogP contribution in [0.25, 0.3) is 0 Å². The molecule has 1 saturated heterocycles. The lowest BCUT2D eigenvalue weighted by molar-refractivity contribution is -0.201. The van der Waals surface area contributed by atoms with Gasteiger partial charge in [-0.25, -0.2) is 9.78 Å². The zero-order valence-electron chi connectivity index (χ0n) is 16.7. The number of hydroxylamine groups is 2. The van der Waals surface area contributed by atoms with E-state index in [-0.39, 0.29) is 12.1 Å². The summed E-state index contributed by atoms with van der Waals surface area (Å²) in [6.45, 7) is 2.83. The van der Waals surface area contributed by atoms with E-state index in [4.69, 9.17) is 15.3 Å². The standard InChI is InChI=1S/C20H24N4O5S/c1-20(18(21)26,16-13-30-14-22-16)24(29-19(27)23-9-11-28-12-10-23)17(25)8-7-15-5-3-2-4-6-15/h2-6,13-14H,7-12H2,1H3,(H2,21,26)/t20-/m0/s1. The molecule has 1 aromatic carbocycles. The van der Waals surface area contributed by atoms with E-state index in [1.807, 2.05) is 30.3 Å². The highest BCUT2D eigenvalue weighted by atomic mass is 32.1. The Balaban J connectivity index is 1.85. The second-order valence-electron chi connectivity index (χ2n) is 6.94. The Hall–Kier alpha value is -2.98. The van der Waals surface area contributed by atoms with Crippen molar-refractivity contribution < 1.29 is 24.0 Å². The summed E-state index contributed by atoms with van der Waals surface area (Å²) in [6.07, 6.45) is -0.306. The van der Waals surface area contributed by atoms with Gasteiger partial charge < -0.3 is 20.2 Å². The molecule has 2 N–H and O–H groups in total. The van der Waals surface area contributed by atoms with Gasteiger partial charge in [-0.3, -0.25) is 9.59 Å². The number of thiazole rings is 1. The molecule has 9 nitrogen and oxygen atoms in total. The maximum atomic E-state index is 13.2. The molecule has 1 aromatic heterocycles. The second kappa shape index (κ2) is 9.68. The zero-order valence-corrected chi connectivity index (χ0v) is 17.5. The molecule has 1 fully saturated rings. The Kier molecular flexibility index (Phi) is 7.01. The number of aromatic nitrogens is 1. The smallest absolute Gasteiger partial charge is 0.378 e. The summed E-state index contributed by atoms with van der Waals surface area (Å²) in [6, 6.07) is 9.42. The Morgan fingerprint density at radius 2 is 1.97 bits per heavy atom. The number of ether oxygens (including phenoxy) is 1. The van der Waals surface area contributed by atoms with Crippen LogP contribution in [-0.4, -0.2) is 59.2 Å². The topological polar surface area (TPSA) is 115 Å². The number of amides is 3. The van der Waals surface area contributed by atoms with Crippen LogP contribution >= 0.6 is 11.3 Å². The first kappa shape index (κ1) is 21.7. The number of carbonyl (C=O) groups excluding carboxylic acids is 3. The van der Waals surface area contributed by atoms with Crippen molar-refractivity contribution in [2.75, 3.05) is 26.3 Å². The number of aryl methyl sites for hydroxylation is 1. The first-order valence-corrected chi connectivity index (χ1v) is 10.5. The van der Waals surface area contributed by atoms with Gasteiger partial charge in [-0.05, 0) is 18.9 Å². The molecule has 0 aliphatic carbocycles. The fourth-order valence-electron chi connectivity index (χ4n) is 3.05. The number of rotatable bonds is 6. The van der Waals surface area contributed by atoms with Crippen molar-refractivity contribution in [3.8, 4) is 0 Å². The first-order valence-electron chi connectivity index (χ1n) is 9.53. The normalized spacial score (nSPS) is 15.8. The number of hydrogen-bond donors (Lipinski definition) is 1. The summed E-state index contributed by atoms with van der Waals surface area (Å²) in [5.41, 5.74) is 6.63. The highest BCUT2D eigenvalue weighted by Crippen LogP contribution is 2.30. The van der Waals surface area contributed by atoms with Crippen LogP contribution in [0.2, 0.25) is 0 Å². The van der Waals surface area contributed by atoms with Gasteiger partial charge in [-0.1, -0.05) is 30.3 Å². The minimum atomic E-state index is -1.74. The number of nitrogens with two attached hydrogens (primary N) is 1. The van der Waals surface area contributed by atoms with E-state index in [1.165, 1.54) is 28.7 Å². The molecule has 3 rings (SSSR count). The number of carbonyl (C=O) groups is 3. The molecule has 0 saturated carbocycles. The average Bonchev–Trinajstić information content (AvgIpc) is 3.32. The van der Waals surface area contributed by atoms with Crippen LogP contribution in [0.4, 0.5) is 4.79 Å². The van der Waals surface area contributed by atoms with Crippen LogP contribution in [0.3, 0.4) is 0 Å². The fourth-order valence-corrected chi connectivity index (χ4v) is 3.71. The van der Waals surface area contributed by atoms with E-state index in [0.717, 1.165) is 10.6 Å². The molecule has 3 amide bonds. The number of primary amides is 1. The summed E-state index contributed by atoms with van der Waals surface area (Å²) >= 11 is 1.25. The lowest BCUT2D eigenvalue weighted by Crippen LogP contribution is -2.57. The molecule has 0 spiro atoms. The highest BCUT2D eigenvalue weighted by Gasteiger charge is 2.47. The zero-order chi connectivity index (χ0) is 21.6. The van der Waals surface area contributed by atoms with Crippen molar-refractivity contribution in [2.24, 2.45) is 5.73 Å². The van der Waals surface area contributed by atoms with Gasteiger partial charge in [-0.15, -0.1) is 16.4 Å². The van der Waals surface area contributed by atoms with E-state index in [9.17, 15) is 14.4 Å². The molecule has 0 bridgehead atoms. The van der Waals surface area contributed by atoms with Gasteiger partial charge >= 0.3 is 6.09 Å². The highest BCUT2D eigenvalue weighted by molar-refractivity contribution is 7.07. The summed E-state index contributed by atoms with van der Waals surface area (Å²) in [7, 11) is 0. The monoisotopic (exact) mass is 432 g/mol. The van der Waals surface area contributed by atoms with Crippen LogP contribution in [0, 0.1) is 0 Å². The summed E-state index contributed by atoms with van der Waals surface area (Å²) in [4.78, 5) is 49.4. The number of hydrogen-bond acceptors (Lipinski definition) is 7. The summed E-state index contributed by atoms with van der Waals surface area (Å²) < 4.78 is 5.24. The molecule has 0 radical (unpaired) electrons. The van der Waals surface area contributed by atoms with E-state index >= 15 is 0 Å². The van der Waals surface area contributed by atoms with Crippen molar-refractivity contribution in [2.45, 2.75) is 25.3 Å². The fraction of sp³-hybridized carbons (Fsp3) is 0.400. The minimum absolute atomic E-state index is 0.0212. The number of morpholine rings is 1. The lowest BCUT2D eigenvalue weighted by Gasteiger charge is -2.37. The third-order valence-corrected chi connectivity index (χ3v) is 5.54. The quantitative estimate of drug-likeness (QED) is 0.695. The van der Waals surface area contributed by atoms with E-state index in [0.29, 0.717) is 32.7 Å². The van der Waals surface area contributed by atoms with Crippen molar-refractivity contribution in [3.63, 3.8) is 0 Å². The van der Waals surface area contributed by atoms with Gasteiger partial charge in [0.25, 0.3) is 11.8 Å². The largest absolute Gasteiger partial charge is 0.434 e. The Morgan fingerprint density at radius 3 is 2.57 bits per heavy atom. The Bertz CT molecular complexity index is 871. The van der Waals surface area contributed by atoms with Crippen LogP contribution in [0.5, 0.6) is 0 Å². The minimum Gasteiger partial charge on any atom is -0.378 e. The van der Waals surface area contributed by atoms with Gasteiger partial charge in [0.1, 0.15) is 0 Å². The van der Waals surface area contributed by atoms with Crippen molar-refractivity contribution in [1.29, 1.82) is 0 Å². The Morgan fingerprint density at radius 1 is 1.27 bits per heavy atom. The van der Waals surface area contributed by atoms with E-state index in [2.05, 4.69) is 4.98 Å². The van der Waals surface area contributed by atoms with Gasteiger partial charge in [0, 0.05) is 24.9 Å². The molecule has 2 aromatic rings. The third-order valence-electron chi connectivity index (χ3n) is 4.95. The van der Waals surface area contributed by atoms with Crippen LogP contribution in [0.1, 0.15) is 24.6 Å². The van der Waals surface area contributed by atoms with Crippen LogP contribution in [0.15, 0.2) is 41.2 Å². The Labute approximate surface area is 178 Å². The molecule has 10 heteroatoms. The third kappa shape index (κ3) is 4.77. The van der Waals surface area contributed by atoms with Crippen molar-refractivity contribution >= 4 is 29.2 Å². The maximum absolute atomic E-state index is 13.2. The summed E-state index contributed by atoms with van der Waals surface area (Å²) in [5.74, 6) is -1.40. The predicted octanol–water partition coefficient (Wildman–Crippen LogP) is 1.69. The molecule has 1 atom stereocenters. The van der Waals surface area contributed by atoms with E-state index < -0.39 is 23.4 Å². The van der Waals surface area contributed by atoms with Crippen LogP contribution in [-0.2, 0) is 31.1 Å². The first-order chi connectivity index (χ1) is 14.4. The molecule has 2 heterocycles. The average molecular weight is 433 g/mol. The molecule has 160 valence electrons. The van der Waals surface area contributed by atoms with Crippen LogP contribution < -0.4 is 5.73 Å². The van der Waals surface area contributed by atoms with Gasteiger partial charge in [0.15, 0.2) is 5.54 Å². The van der Waals surface area contributed by atoms with Crippen molar-refractivity contribution in [3.05, 3.63) is 52.5 Å². The van der Waals surface area contributed by atoms with Gasteiger partial charge in [0.2, 0.25) is 0 Å². The van der Waals surface area contributed by atoms with E-state index in [1.54, 1.807) is 5.38 Å². The molecule has 1 aliphatic heterocycles. The maximum Gasteiger partial charge on any atom is 0.434 e. The predicted molar refractivity (Wildman–Crippen MR) is 109 cm³/mol. The molecule has 0 unspecified atom stereocenters. The number of nitrogens with zero attached hydrogens (tertiary/aromatic N) is 3.